The summed E-state index contributed by atoms with van der Waals surface area (Å²) >= 11 is 0. The highest BCUT2D eigenvalue weighted by molar-refractivity contribution is 5.91. The molecule has 0 fully saturated rings. The van der Waals surface area contributed by atoms with E-state index in [9.17, 15) is 9.59 Å². The van der Waals surface area contributed by atoms with Gasteiger partial charge in [-0.05, 0) is 92.1 Å². The van der Waals surface area contributed by atoms with Crippen LogP contribution in [0, 0.1) is 11.8 Å². The maximum Gasteiger partial charge on any atom is 0.343 e. The van der Waals surface area contributed by atoms with Crippen molar-refractivity contribution >= 4 is 11.9 Å². The topological polar surface area (TPSA) is 71.1 Å². The number of ether oxygens (including phenoxy) is 4. The van der Waals surface area contributed by atoms with Crippen molar-refractivity contribution in [1.29, 1.82) is 0 Å². The Balaban J connectivity index is 1.44. The third-order valence-electron chi connectivity index (χ3n) is 5.05. The zero-order valence-corrected chi connectivity index (χ0v) is 20.9. The first-order valence-electron chi connectivity index (χ1n) is 12.2. The molecule has 0 radical (unpaired) electrons. The van der Waals surface area contributed by atoms with Gasteiger partial charge >= 0.3 is 11.9 Å². The van der Waals surface area contributed by atoms with Crippen LogP contribution < -0.4 is 14.2 Å². The van der Waals surface area contributed by atoms with Crippen molar-refractivity contribution in [2.75, 3.05) is 19.8 Å². The Kier molecular flexibility index (Phi) is 10.8. The molecule has 3 aromatic carbocycles. The third-order valence-corrected chi connectivity index (χ3v) is 5.05. The summed E-state index contributed by atoms with van der Waals surface area (Å²) in [6, 6.07) is 21.5. The van der Waals surface area contributed by atoms with Crippen LogP contribution in [0.3, 0.4) is 0 Å². The fourth-order valence-electron chi connectivity index (χ4n) is 3.08. The van der Waals surface area contributed by atoms with Gasteiger partial charge in [0, 0.05) is 17.2 Å². The van der Waals surface area contributed by atoms with Crippen LogP contribution in [-0.4, -0.2) is 31.8 Å². The molecule has 0 amide bonds. The number of carbonyl (C=O) groups is 2. The Bertz CT molecular complexity index is 1220. The lowest BCUT2D eigenvalue weighted by molar-refractivity contribution is -0.137. The van der Waals surface area contributed by atoms with Gasteiger partial charge in [0.15, 0.2) is 0 Å². The van der Waals surface area contributed by atoms with Crippen molar-refractivity contribution in [2.45, 2.75) is 26.2 Å². The first-order chi connectivity index (χ1) is 18.1. The van der Waals surface area contributed by atoms with Crippen LogP contribution in [0.1, 0.15) is 47.7 Å². The first kappa shape index (κ1) is 27.1. The molecule has 0 saturated heterocycles. The van der Waals surface area contributed by atoms with Crippen molar-refractivity contribution in [3.8, 4) is 29.1 Å². The molecule has 0 N–H and O–H groups in total. The predicted molar refractivity (Wildman–Crippen MR) is 142 cm³/mol. The molecular formula is C31H30O6. The highest BCUT2D eigenvalue weighted by Gasteiger charge is 2.09. The summed E-state index contributed by atoms with van der Waals surface area (Å²) in [4.78, 5) is 23.4. The molecule has 0 heterocycles. The van der Waals surface area contributed by atoms with E-state index in [1.165, 1.54) is 0 Å². The fraction of sp³-hybridized carbons (Fsp3) is 0.226. The molecule has 0 aliphatic carbocycles. The average Bonchev–Trinajstić information content (AvgIpc) is 2.94. The second-order valence-corrected chi connectivity index (χ2v) is 7.99. The molecule has 0 saturated carbocycles. The molecule has 0 aliphatic heterocycles. The predicted octanol–water partition coefficient (Wildman–Crippen LogP) is 5.98. The zero-order valence-electron chi connectivity index (χ0n) is 20.9. The number of hydrogen-bond donors (Lipinski definition) is 0. The minimum Gasteiger partial charge on any atom is -0.494 e. The zero-order chi connectivity index (χ0) is 26.3. The molecule has 190 valence electrons. The number of hydrogen-bond acceptors (Lipinski definition) is 6. The second kappa shape index (κ2) is 14.8. The Morgan fingerprint density at radius 3 is 1.81 bits per heavy atom. The van der Waals surface area contributed by atoms with E-state index in [1.807, 2.05) is 36.4 Å². The third kappa shape index (κ3) is 9.58. The van der Waals surface area contributed by atoms with Crippen LogP contribution >= 0.6 is 0 Å². The van der Waals surface area contributed by atoms with Crippen molar-refractivity contribution in [3.63, 3.8) is 0 Å². The summed E-state index contributed by atoms with van der Waals surface area (Å²) in [7, 11) is 0. The van der Waals surface area contributed by atoms with Crippen molar-refractivity contribution in [1.82, 2.24) is 0 Å². The Morgan fingerprint density at radius 1 is 0.730 bits per heavy atom. The summed E-state index contributed by atoms with van der Waals surface area (Å²) in [6.07, 6.45) is 3.53. The number of rotatable bonds is 12. The van der Waals surface area contributed by atoms with Gasteiger partial charge in [-0.15, -0.1) is 0 Å². The van der Waals surface area contributed by atoms with E-state index in [0.29, 0.717) is 43.3 Å². The molecule has 6 heteroatoms. The molecule has 0 unspecified atom stereocenters. The lowest BCUT2D eigenvalue weighted by Gasteiger charge is -2.08. The smallest absolute Gasteiger partial charge is 0.343 e. The Hall–Kier alpha value is -4.50. The maximum atomic E-state index is 12.5. The van der Waals surface area contributed by atoms with Crippen molar-refractivity contribution in [3.05, 3.63) is 102 Å². The summed E-state index contributed by atoms with van der Waals surface area (Å²) in [6.45, 7) is 6.91. The van der Waals surface area contributed by atoms with Gasteiger partial charge in [0.25, 0.3) is 0 Å². The number of benzene rings is 3. The van der Waals surface area contributed by atoms with Crippen molar-refractivity contribution in [2.24, 2.45) is 0 Å². The lowest BCUT2D eigenvalue weighted by Crippen LogP contribution is -2.08. The van der Waals surface area contributed by atoms with E-state index in [2.05, 4.69) is 25.3 Å². The largest absolute Gasteiger partial charge is 0.494 e. The van der Waals surface area contributed by atoms with Crippen LogP contribution in [0.2, 0.25) is 0 Å². The second-order valence-electron chi connectivity index (χ2n) is 7.99. The van der Waals surface area contributed by atoms with Crippen LogP contribution in [-0.2, 0) is 9.53 Å². The molecule has 6 nitrogen and oxygen atoms in total. The van der Waals surface area contributed by atoms with Gasteiger partial charge in [-0.1, -0.05) is 25.3 Å². The van der Waals surface area contributed by atoms with Crippen LogP contribution in [0.15, 0.2) is 85.5 Å². The summed E-state index contributed by atoms with van der Waals surface area (Å²) < 4.78 is 21.6. The minimum absolute atomic E-state index is 0.329. The molecule has 0 atom stereocenters. The molecule has 0 aliphatic rings. The number of unbranched alkanes of at least 4 members (excludes halogenated alkanes) is 1. The van der Waals surface area contributed by atoms with E-state index >= 15 is 0 Å². The van der Waals surface area contributed by atoms with E-state index in [-0.39, 0.29) is 0 Å². The first-order valence-corrected chi connectivity index (χ1v) is 12.2. The summed E-state index contributed by atoms with van der Waals surface area (Å²) in [5, 5.41) is 0. The molecule has 0 bridgehead atoms. The van der Waals surface area contributed by atoms with E-state index in [1.54, 1.807) is 36.4 Å². The van der Waals surface area contributed by atoms with E-state index in [0.717, 1.165) is 35.8 Å². The molecular weight excluding hydrogens is 468 g/mol. The molecule has 0 aromatic heterocycles. The van der Waals surface area contributed by atoms with Gasteiger partial charge in [0.05, 0.1) is 25.4 Å². The normalized spacial score (nSPS) is 9.97. The summed E-state index contributed by atoms with van der Waals surface area (Å²) in [5.74, 6) is 7.25. The average molecular weight is 499 g/mol. The highest BCUT2D eigenvalue weighted by atomic mass is 16.5. The van der Waals surface area contributed by atoms with Crippen molar-refractivity contribution < 1.29 is 28.5 Å². The Labute approximate surface area is 217 Å². The van der Waals surface area contributed by atoms with Crippen LogP contribution in [0.25, 0.3) is 0 Å². The highest BCUT2D eigenvalue weighted by Crippen LogP contribution is 2.17. The van der Waals surface area contributed by atoms with Gasteiger partial charge in [-0.25, -0.2) is 9.59 Å². The van der Waals surface area contributed by atoms with Gasteiger partial charge < -0.3 is 18.9 Å². The lowest BCUT2D eigenvalue weighted by atomic mass is 10.1. The minimum atomic E-state index is -0.459. The maximum absolute atomic E-state index is 12.5. The molecule has 3 aromatic rings. The van der Waals surface area contributed by atoms with Gasteiger partial charge in [0.2, 0.25) is 0 Å². The monoisotopic (exact) mass is 498 g/mol. The SMILES string of the molecule is C=CC(=O)OCCCCOc1ccc(C(=O)Oc2ccc(C#Cc3ccc(OCCC)cc3)cc2)cc1. The van der Waals surface area contributed by atoms with Crippen LogP contribution in [0.4, 0.5) is 0 Å². The molecule has 3 rings (SSSR count). The summed E-state index contributed by atoms with van der Waals surface area (Å²) in [5.41, 5.74) is 2.12. The quantitative estimate of drug-likeness (QED) is 0.101. The van der Waals surface area contributed by atoms with Gasteiger partial charge in [-0.2, -0.15) is 0 Å². The van der Waals surface area contributed by atoms with E-state index < -0.39 is 11.9 Å². The fourth-order valence-corrected chi connectivity index (χ4v) is 3.08. The Morgan fingerprint density at radius 2 is 1.24 bits per heavy atom. The standard InChI is InChI=1S/C31H30O6/c1-3-21-34-27-15-9-24(10-16-27)7-8-25-11-17-29(18-12-25)37-31(33)26-13-19-28(20-14-26)35-22-5-6-23-36-30(32)4-2/h4,9-20H,2-3,5-6,21-23H2,1H3. The number of carbonyl (C=O) groups excluding carboxylic acids is 2. The van der Waals surface area contributed by atoms with Crippen LogP contribution in [0.5, 0.6) is 17.2 Å². The van der Waals surface area contributed by atoms with Gasteiger partial charge in [0.1, 0.15) is 17.2 Å². The molecule has 37 heavy (non-hydrogen) atoms. The van der Waals surface area contributed by atoms with Gasteiger partial charge in [-0.3, -0.25) is 0 Å². The molecule has 0 spiro atoms. The van der Waals surface area contributed by atoms with E-state index in [4.69, 9.17) is 18.9 Å². The number of esters is 2.